The van der Waals surface area contributed by atoms with Crippen LogP contribution in [-0.2, 0) is 6.42 Å². The number of hydrogen-bond donors (Lipinski definition) is 2. The molecule has 128 valence electrons. The second-order valence-electron chi connectivity index (χ2n) is 5.53. The van der Waals surface area contributed by atoms with Crippen molar-refractivity contribution in [1.82, 2.24) is 5.32 Å². The standard InChI is InChI=1S/C18H20ClN3O.HI/c1-20-18(22-11-10-13-4-2-3-5-16(13)22)21-12-17(23)14-6-8-15(19)9-7-14;/h2-9,17,23H,10-12H2,1H3,(H,20,21);1H. The fraction of sp³-hybridized carbons (Fsp3) is 0.278. The number of benzene rings is 2. The molecule has 0 saturated carbocycles. The van der Waals surface area contributed by atoms with Crippen LogP contribution in [0.5, 0.6) is 0 Å². The third-order valence-electron chi connectivity index (χ3n) is 4.06. The van der Waals surface area contributed by atoms with E-state index in [2.05, 4.69) is 33.4 Å². The highest BCUT2D eigenvalue weighted by Crippen LogP contribution is 2.27. The summed E-state index contributed by atoms with van der Waals surface area (Å²) in [6.07, 6.45) is 0.401. The lowest BCUT2D eigenvalue weighted by Gasteiger charge is -2.23. The summed E-state index contributed by atoms with van der Waals surface area (Å²) < 4.78 is 0. The molecule has 1 unspecified atom stereocenters. The van der Waals surface area contributed by atoms with Crippen LogP contribution in [0.15, 0.2) is 53.5 Å². The second-order valence-corrected chi connectivity index (χ2v) is 5.96. The van der Waals surface area contributed by atoms with E-state index in [1.54, 1.807) is 19.2 Å². The lowest BCUT2D eigenvalue weighted by molar-refractivity contribution is 0.181. The number of aliphatic hydroxyl groups is 1. The van der Waals surface area contributed by atoms with Crippen molar-refractivity contribution in [1.29, 1.82) is 0 Å². The summed E-state index contributed by atoms with van der Waals surface area (Å²) >= 11 is 5.88. The van der Waals surface area contributed by atoms with Crippen LogP contribution in [-0.4, -0.2) is 31.2 Å². The zero-order valence-electron chi connectivity index (χ0n) is 13.4. The monoisotopic (exact) mass is 457 g/mol. The van der Waals surface area contributed by atoms with Crippen molar-refractivity contribution in [3.8, 4) is 0 Å². The predicted molar refractivity (Wildman–Crippen MR) is 111 cm³/mol. The molecule has 2 aromatic rings. The molecule has 0 spiro atoms. The number of guanidine groups is 1. The van der Waals surface area contributed by atoms with Gasteiger partial charge in [-0.1, -0.05) is 41.9 Å². The summed E-state index contributed by atoms with van der Waals surface area (Å²) in [6, 6.07) is 15.6. The Hall–Kier alpha value is -1.31. The zero-order valence-corrected chi connectivity index (χ0v) is 16.5. The Morgan fingerprint density at radius 2 is 1.96 bits per heavy atom. The molecule has 1 atom stereocenters. The van der Waals surface area contributed by atoms with Crippen LogP contribution in [0, 0.1) is 0 Å². The summed E-state index contributed by atoms with van der Waals surface area (Å²) in [4.78, 5) is 6.50. The molecule has 2 N–H and O–H groups in total. The number of halogens is 2. The summed E-state index contributed by atoms with van der Waals surface area (Å²) in [6.45, 7) is 1.29. The Morgan fingerprint density at radius 1 is 1.25 bits per heavy atom. The molecule has 0 aliphatic carbocycles. The minimum atomic E-state index is -0.609. The quantitative estimate of drug-likeness (QED) is 0.420. The third-order valence-corrected chi connectivity index (χ3v) is 4.31. The van der Waals surface area contributed by atoms with Gasteiger partial charge in [0.25, 0.3) is 0 Å². The molecular formula is C18H21ClIN3O. The number of fused-ring (bicyclic) bond motifs is 1. The first-order valence-corrected chi connectivity index (χ1v) is 8.06. The molecule has 6 heteroatoms. The van der Waals surface area contributed by atoms with Gasteiger partial charge in [0.15, 0.2) is 5.96 Å². The highest BCUT2D eigenvalue weighted by atomic mass is 127. The van der Waals surface area contributed by atoms with Crippen molar-refractivity contribution in [2.45, 2.75) is 12.5 Å². The van der Waals surface area contributed by atoms with E-state index in [-0.39, 0.29) is 24.0 Å². The molecule has 0 aromatic heterocycles. The highest BCUT2D eigenvalue weighted by molar-refractivity contribution is 14.0. The molecule has 0 saturated heterocycles. The van der Waals surface area contributed by atoms with Gasteiger partial charge in [0.05, 0.1) is 6.10 Å². The van der Waals surface area contributed by atoms with Crippen LogP contribution in [0.2, 0.25) is 5.02 Å². The van der Waals surface area contributed by atoms with Gasteiger partial charge >= 0.3 is 0 Å². The normalized spacial score (nSPS) is 14.8. The van der Waals surface area contributed by atoms with Crippen LogP contribution in [0.3, 0.4) is 0 Å². The van der Waals surface area contributed by atoms with E-state index < -0.39 is 6.10 Å². The highest BCUT2D eigenvalue weighted by Gasteiger charge is 2.22. The Morgan fingerprint density at radius 3 is 2.67 bits per heavy atom. The fourth-order valence-electron chi connectivity index (χ4n) is 2.84. The Labute approximate surface area is 164 Å². The van der Waals surface area contributed by atoms with Crippen molar-refractivity contribution < 1.29 is 5.11 Å². The Bertz CT molecular complexity index is 706. The van der Waals surface area contributed by atoms with Crippen LogP contribution < -0.4 is 10.2 Å². The SMILES string of the molecule is CN=C(NCC(O)c1ccc(Cl)cc1)N1CCc2ccccc21.I. The van der Waals surface area contributed by atoms with Gasteiger partial charge in [0.2, 0.25) is 0 Å². The molecule has 3 rings (SSSR count). The van der Waals surface area contributed by atoms with Crippen LogP contribution in [0.4, 0.5) is 5.69 Å². The number of aliphatic imine (C=N–C) groups is 1. The largest absolute Gasteiger partial charge is 0.387 e. The number of para-hydroxylation sites is 1. The van der Waals surface area contributed by atoms with E-state index in [0.29, 0.717) is 11.6 Å². The fourth-order valence-corrected chi connectivity index (χ4v) is 2.97. The molecule has 4 nitrogen and oxygen atoms in total. The number of nitrogens with zero attached hydrogens (tertiary/aromatic N) is 2. The number of hydrogen-bond acceptors (Lipinski definition) is 2. The summed E-state index contributed by atoms with van der Waals surface area (Å²) in [5, 5.41) is 14.2. The molecular weight excluding hydrogens is 437 g/mol. The van der Waals surface area contributed by atoms with Crippen LogP contribution in [0.25, 0.3) is 0 Å². The predicted octanol–water partition coefficient (Wildman–Crippen LogP) is 3.63. The van der Waals surface area contributed by atoms with Gasteiger partial charge in [0.1, 0.15) is 0 Å². The minimum Gasteiger partial charge on any atom is -0.387 e. The van der Waals surface area contributed by atoms with Crippen LogP contribution >= 0.6 is 35.6 Å². The molecule has 1 aliphatic heterocycles. The summed E-state index contributed by atoms with van der Waals surface area (Å²) in [5.41, 5.74) is 3.34. The first-order valence-electron chi connectivity index (χ1n) is 7.68. The van der Waals surface area contributed by atoms with Gasteiger partial charge in [-0.15, -0.1) is 24.0 Å². The first kappa shape index (κ1) is 19.0. The lowest BCUT2D eigenvalue weighted by atomic mass is 10.1. The van der Waals surface area contributed by atoms with Crippen LogP contribution in [0.1, 0.15) is 17.2 Å². The van der Waals surface area contributed by atoms with E-state index in [0.717, 1.165) is 24.5 Å². The molecule has 0 bridgehead atoms. The van der Waals surface area contributed by atoms with Gasteiger partial charge < -0.3 is 15.3 Å². The maximum absolute atomic E-state index is 10.3. The van der Waals surface area contributed by atoms with E-state index in [1.807, 2.05) is 18.2 Å². The third kappa shape index (κ3) is 4.20. The van der Waals surface area contributed by atoms with E-state index in [1.165, 1.54) is 11.3 Å². The first-order chi connectivity index (χ1) is 11.2. The topological polar surface area (TPSA) is 47.9 Å². The number of anilines is 1. The van der Waals surface area contributed by atoms with Gasteiger partial charge in [-0.3, -0.25) is 4.99 Å². The Kier molecular flexibility index (Phi) is 6.89. The van der Waals surface area contributed by atoms with E-state index >= 15 is 0 Å². The smallest absolute Gasteiger partial charge is 0.198 e. The average molecular weight is 458 g/mol. The Balaban J connectivity index is 0.00000208. The molecule has 0 radical (unpaired) electrons. The molecule has 1 aliphatic rings. The van der Waals surface area contributed by atoms with Crippen molar-refractivity contribution in [2.24, 2.45) is 4.99 Å². The molecule has 24 heavy (non-hydrogen) atoms. The van der Waals surface area contributed by atoms with Crippen molar-refractivity contribution >= 4 is 47.2 Å². The van der Waals surface area contributed by atoms with Crippen molar-refractivity contribution in [3.63, 3.8) is 0 Å². The number of rotatable bonds is 3. The van der Waals surface area contributed by atoms with Gasteiger partial charge in [0, 0.05) is 30.8 Å². The lowest BCUT2D eigenvalue weighted by Crippen LogP contribution is -2.42. The summed E-state index contributed by atoms with van der Waals surface area (Å²) in [7, 11) is 1.76. The number of nitrogens with one attached hydrogen (secondary N) is 1. The number of aliphatic hydroxyl groups excluding tert-OH is 1. The van der Waals surface area contributed by atoms with Crippen molar-refractivity contribution in [3.05, 3.63) is 64.7 Å². The van der Waals surface area contributed by atoms with Gasteiger partial charge in [-0.25, -0.2) is 0 Å². The zero-order chi connectivity index (χ0) is 16.2. The molecule has 2 aromatic carbocycles. The second kappa shape index (κ2) is 8.69. The maximum atomic E-state index is 10.3. The summed E-state index contributed by atoms with van der Waals surface area (Å²) in [5.74, 6) is 0.781. The molecule has 0 fully saturated rings. The van der Waals surface area contributed by atoms with E-state index in [9.17, 15) is 5.11 Å². The maximum Gasteiger partial charge on any atom is 0.198 e. The van der Waals surface area contributed by atoms with Gasteiger partial charge in [-0.2, -0.15) is 0 Å². The van der Waals surface area contributed by atoms with E-state index in [4.69, 9.17) is 11.6 Å². The van der Waals surface area contributed by atoms with Gasteiger partial charge in [-0.05, 0) is 35.7 Å². The minimum absolute atomic E-state index is 0. The molecule has 0 amide bonds. The average Bonchev–Trinajstić information content (AvgIpc) is 3.00. The van der Waals surface area contributed by atoms with Crippen molar-refractivity contribution in [2.75, 3.05) is 25.0 Å². The molecule has 1 heterocycles.